The molecule has 1 saturated heterocycles. The van der Waals surface area contributed by atoms with Gasteiger partial charge in [0.05, 0.1) is 0 Å². The zero-order chi connectivity index (χ0) is 18.7. The Kier molecular flexibility index (Phi) is 6.33. The molecule has 3 rings (SSSR count). The normalized spacial score (nSPS) is 21.0. The van der Waals surface area contributed by atoms with E-state index in [-0.39, 0.29) is 30.1 Å². The van der Waals surface area contributed by atoms with Crippen molar-refractivity contribution in [3.8, 4) is 0 Å². The summed E-state index contributed by atoms with van der Waals surface area (Å²) >= 11 is 3.34. The van der Waals surface area contributed by atoms with Gasteiger partial charge in [0.15, 0.2) is 0 Å². The zero-order valence-corrected chi connectivity index (χ0v) is 16.8. The first kappa shape index (κ1) is 19.3. The fourth-order valence-corrected chi connectivity index (χ4v) is 4.53. The largest absolute Gasteiger partial charge is 0.340 e. The maximum Gasteiger partial charge on any atom is 0.245 e. The molecule has 2 amide bonds. The van der Waals surface area contributed by atoms with Crippen molar-refractivity contribution in [2.75, 3.05) is 13.6 Å². The average molecular weight is 425 g/mol. The van der Waals surface area contributed by atoms with Crippen LogP contribution in [0.25, 0.3) is 0 Å². The first-order chi connectivity index (χ1) is 12.5. The standard InChI is InChI=1S/C20H26BrFN2O2/c1-23(13-15-12-16(21)9-10-17(15)22)20(26)18-8-5-11-24(18)19(25)14-6-3-2-4-7-14/h9-10,12,14,18H,2-8,11,13H2,1H3. The molecule has 1 aliphatic heterocycles. The fraction of sp³-hybridized carbons (Fsp3) is 0.600. The minimum Gasteiger partial charge on any atom is -0.340 e. The minimum atomic E-state index is -0.398. The van der Waals surface area contributed by atoms with Crippen molar-refractivity contribution in [3.05, 3.63) is 34.1 Å². The van der Waals surface area contributed by atoms with E-state index < -0.39 is 6.04 Å². The molecule has 1 atom stereocenters. The number of rotatable bonds is 4. The number of hydrogen-bond donors (Lipinski definition) is 0. The van der Waals surface area contributed by atoms with Crippen LogP contribution in [0.5, 0.6) is 0 Å². The summed E-state index contributed by atoms with van der Waals surface area (Å²) in [5.41, 5.74) is 0.471. The molecule has 1 unspecified atom stereocenters. The van der Waals surface area contributed by atoms with Crippen molar-refractivity contribution >= 4 is 27.7 Å². The summed E-state index contributed by atoms with van der Waals surface area (Å²) in [7, 11) is 1.68. The number of halogens is 2. The second-order valence-electron chi connectivity index (χ2n) is 7.45. The van der Waals surface area contributed by atoms with Gasteiger partial charge in [0.25, 0.3) is 0 Å². The second kappa shape index (κ2) is 8.51. The quantitative estimate of drug-likeness (QED) is 0.729. The molecule has 1 aliphatic carbocycles. The van der Waals surface area contributed by atoms with Crippen molar-refractivity contribution in [1.82, 2.24) is 9.80 Å². The molecular formula is C20H26BrFN2O2. The smallest absolute Gasteiger partial charge is 0.245 e. The molecule has 1 saturated carbocycles. The summed E-state index contributed by atoms with van der Waals surface area (Å²) < 4.78 is 14.8. The third-order valence-corrected chi connectivity index (χ3v) is 6.06. The van der Waals surface area contributed by atoms with Gasteiger partial charge < -0.3 is 9.80 Å². The lowest BCUT2D eigenvalue weighted by atomic mass is 9.88. The van der Waals surface area contributed by atoms with E-state index >= 15 is 0 Å². The van der Waals surface area contributed by atoms with Gasteiger partial charge in [0.2, 0.25) is 11.8 Å². The van der Waals surface area contributed by atoms with E-state index in [9.17, 15) is 14.0 Å². The number of likely N-dealkylation sites (N-methyl/N-ethyl adjacent to an activating group) is 1. The molecule has 1 heterocycles. The van der Waals surface area contributed by atoms with Crippen LogP contribution in [0.4, 0.5) is 4.39 Å². The van der Waals surface area contributed by atoms with Gasteiger partial charge in [-0.25, -0.2) is 4.39 Å². The number of likely N-dealkylation sites (tertiary alicyclic amines) is 1. The Morgan fingerprint density at radius 3 is 2.65 bits per heavy atom. The average Bonchev–Trinajstić information content (AvgIpc) is 3.13. The van der Waals surface area contributed by atoms with Gasteiger partial charge in [-0.15, -0.1) is 0 Å². The molecule has 26 heavy (non-hydrogen) atoms. The number of benzene rings is 1. The van der Waals surface area contributed by atoms with E-state index in [1.54, 1.807) is 29.0 Å². The van der Waals surface area contributed by atoms with Gasteiger partial charge in [-0.1, -0.05) is 35.2 Å². The highest BCUT2D eigenvalue weighted by atomic mass is 79.9. The Labute approximate surface area is 162 Å². The SMILES string of the molecule is CN(Cc1cc(Br)ccc1F)C(=O)C1CCCN1C(=O)C1CCCCC1. The van der Waals surface area contributed by atoms with Crippen LogP contribution in [0.1, 0.15) is 50.5 Å². The molecule has 1 aromatic rings. The lowest BCUT2D eigenvalue weighted by molar-refractivity contribution is -0.146. The monoisotopic (exact) mass is 424 g/mol. The lowest BCUT2D eigenvalue weighted by Gasteiger charge is -2.32. The molecule has 6 heteroatoms. The molecule has 2 aliphatic rings. The summed E-state index contributed by atoms with van der Waals surface area (Å²) in [5.74, 6) is -0.201. The van der Waals surface area contributed by atoms with Crippen LogP contribution >= 0.6 is 15.9 Å². The molecule has 142 valence electrons. The summed E-state index contributed by atoms with van der Waals surface area (Å²) in [4.78, 5) is 29.2. The Bertz CT molecular complexity index is 676. The molecule has 4 nitrogen and oxygen atoms in total. The maximum atomic E-state index is 14.0. The third kappa shape index (κ3) is 4.27. The number of amides is 2. The predicted octanol–water partition coefficient (Wildman–Crippen LogP) is 4.12. The molecule has 0 aromatic heterocycles. The van der Waals surface area contributed by atoms with Crippen LogP contribution in [0.3, 0.4) is 0 Å². The minimum absolute atomic E-state index is 0.0741. The van der Waals surface area contributed by atoms with E-state index in [4.69, 9.17) is 0 Å². The molecule has 1 aromatic carbocycles. The van der Waals surface area contributed by atoms with Crippen LogP contribution in [0.2, 0.25) is 0 Å². The molecule has 0 N–H and O–H groups in total. The van der Waals surface area contributed by atoms with E-state index in [0.717, 1.165) is 36.6 Å². The van der Waals surface area contributed by atoms with Gasteiger partial charge in [-0.05, 0) is 43.9 Å². The van der Waals surface area contributed by atoms with Crippen LogP contribution in [-0.2, 0) is 16.1 Å². The van der Waals surface area contributed by atoms with E-state index in [0.29, 0.717) is 18.5 Å². The highest BCUT2D eigenvalue weighted by Crippen LogP contribution is 2.29. The first-order valence-electron chi connectivity index (χ1n) is 9.46. The van der Waals surface area contributed by atoms with Crippen molar-refractivity contribution in [2.45, 2.75) is 57.5 Å². The Morgan fingerprint density at radius 2 is 1.92 bits per heavy atom. The number of carbonyl (C=O) groups excluding carboxylic acids is 2. The maximum absolute atomic E-state index is 14.0. The third-order valence-electron chi connectivity index (χ3n) is 5.57. The number of hydrogen-bond acceptors (Lipinski definition) is 2. The molecule has 2 fully saturated rings. The first-order valence-corrected chi connectivity index (χ1v) is 10.3. The Balaban J connectivity index is 1.67. The molecule has 0 bridgehead atoms. The van der Waals surface area contributed by atoms with E-state index in [1.807, 2.05) is 0 Å². The summed E-state index contributed by atoms with van der Waals surface area (Å²) in [6.45, 7) is 0.858. The van der Waals surface area contributed by atoms with Crippen molar-refractivity contribution in [3.63, 3.8) is 0 Å². The molecule has 0 spiro atoms. The fourth-order valence-electron chi connectivity index (χ4n) is 4.12. The highest BCUT2D eigenvalue weighted by Gasteiger charge is 2.38. The van der Waals surface area contributed by atoms with Gasteiger partial charge in [-0.2, -0.15) is 0 Å². The second-order valence-corrected chi connectivity index (χ2v) is 8.37. The van der Waals surface area contributed by atoms with Crippen LogP contribution in [-0.4, -0.2) is 41.2 Å². The van der Waals surface area contributed by atoms with Crippen LogP contribution < -0.4 is 0 Å². The van der Waals surface area contributed by atoms with Crippen LogP contribution in [0.15, 0.2) is 22.7 Å². The Morgan fingerprint density at radius 1 is 1.19 bits per heavy atom. The van der Waals surface area contributed by atoms with Crippen LogP contribution in [0, 0.1) is 11.7 Å². The zero-order valence-electron chi connectivity index (χ0n) is 15.2. The van der Waals surface area contributed by atoms with Crippen molar-refractivity contribution < 1.29 is 14.0 Å². The van der Waals surface area contributed by atoms with Gasteiger partial charge in [-0.3, -0.25) is 9.59 Å². The topological polar surface area (TPSA) is 40.6 Å². The van der Waals surface area contributed by atoms with Crippen molar-refractivity contribution in [1.29, 1.82) is 0 Å². The molecule has 0 radical (unpaired) electrons. The highest BCUT2D eigenvalue weighted by molar-refractivity contribution is 9.10. The van der Waals surface area contributed by atoms with Crippen molar-refractivity contribution in [2.24, 2.45) is 5.92 Å². The summed E-state index contributed by atoms with van der Waals surface area (Å²) in [5, 5.41) is 0. The van der Waals surface area contributed by atoms with Gasteiger partial charge in [0.1, 0.15) is 11.9 Å². The van der Waals surface area contributed by atoms with E-state index in [2.05, 4.69) is 15.9 Å². The lowest BCUT2D eigenvalue weighted by Crippen LogP contribution is -2.48. The molecular weight excluding hydrogens is 399 g/mol. The van der Waals surface area contributed by atoms with Gasteiger partial charge >= 0.3 is 0 Å². The number of carbonyl (C=O) groups is 2. The number of nitrogens with zero attached hydrogens (tertiary/aromatic N) is 2. The van der Waals surface area contributed by atoms with E-state index in [1.165, 1.54) is 12.5 Å². The summed E-state index contributed by atoms with van der Waals surface area (Å²) in [6, 6.07) is 4.33. The predicted molar refractivity (Wildman–Crippen MR) is 102 cm³/mol. The Hall–Kier alpha value is -1.43. The van der Waals surface area contributed by atoms with Gasteiger partial charge in [0, 0.05) is 36.1 Å². The summed E-state index contributed by atoms with van der Waals surface area (Å²) in [6.07, 6.45) is 6.84.